The Morgan fingerprint density at radius 2 is 1.75 bits per heavy atom. The van der Waals surface area contributed by atoms with Crippen molar-refractivity contribution in [3.8, 4) is 0 Å². The van der Waals surface area contributed by atoms with Gasteiger partial charge in [0.05, 0.1) is 37.8 Å². The van der Waals surface area contributed by atoms with E-state index < -0.39 is 0 Å². The van der Waals surface area contributed by atoms with E-state index in [0.717, 1.165) is 38.9 Å². The van der Waals surface area contributed by atoms with E-state index in [1.165, 1.54) is 27.8 Å². The van der Waals surface area contributed by atoms with Gasteiger partial charge in [0.2, 0.25) is 5.91 Å². The molecule has 0 aromatic heterocycles. The van der Waals surface area contributed by atoms with Gasteiger partial charge in [0.25, 0.3) is 0 Å². The molecular formula is C32H37N2O2+. The SMILES string of the molecule is CCc1cccc2c1COC[C@]21C[NH2+]C[C@H]1C(=O)N1CC[C@@H](c2ccccc2)C[C@H]1c1ccccc1. The molecule has 6 rings (SSSR count). The standard InChI is InChI=1S/C32H36N2O2/c1-2-23-14-9-15-28-27(23)20-36-22-32(28)21-33-19-29(32)31(35)34-17-16-26(24-10-5-3-6-11-24)18-30(34)25-12-7-4-8-13-25/h3-15,26,29-30,33H,2,16-22H2,1H3/p+1/t26-,29+,30+,32-/m1/s1. The fourth-order valence-corrected chi connectivity index (χ4v) is 7.13. The molecule has 3 aliphatic heterocycles. The van der Waals surface area contributed by atoms with Crippen LogP contribution in [0.4, 0.5) is 0 Å². The van der Waals surface area contributed by atoms with Crippen LogP contribution in [0.25, 0.3) is 0 Å². The number of quaternary nitrogens is 1. The molecule has 0 saturated carbocycles. The number of rotatable bonds is 4. The third-order valence-electron chi connectivity index (χ3n) is 9.01. The summed E-state index contributed by atoms with van der Waals surface area (Å²) < 4.78 is 6.24. The Hall–Kier alpha value is -2.95. The highest BCUT2D eigenvalue weighted by Crippen LogP contribution is 2.45. The van der Waals surface area contributed by atoms with Crippen LogP contribution in [0.2, 0.25) is 0 Å². The largest absolute Gasteiger partial charge is 0.376 e. The van der Waals surface area contributed by atoms with Gasteiger partial charge in [-0.3, -0.25) is 4.79 Å². The Morgan fingerprint density at radius 3 is 2.50 bits per heavy atom. The molecule has 2 fully saturated rings. The maximum Gasteiger partial charge on any atom is 0.233 e. The number of carbonyl (C=O) groups is 1. The number of nitrogens with zero attached hydrogens (tertiary/aromatic N) is 1. The summed E-state index contributed by atoms with van der Waals surface area (Å²) in [5, 5.41) is 2.34. The second kappa shape index (κ2) is 9.84. The number of carbonyl (C=O) groups excluding carboxylic acids is 1. The predicted molar refractivity (Wildman–Crippen MR) is 142 cm³/mol. The molecule has 2 N–H and O–H groups in total. The molecule has 36 heavy (non-hydrogen) atoms. The topological polar surface area (TPSA) is 46.1 Å². The normalized spacial score (nSPS) is 27.7. The van der Waals surface area contributed by atoms with Gasteiger partial charge in [0, 0.05) is 6.54 Å². The van der Waals surface area contributed by atoms with Crippen LogP contribution in [-0.4, -0.2) is 37.0 Å². The van der Waals surface area contributed by atoms with Crippen molar-refractivity contribution in [2.24, 2.45) is 5.92 Å². The van der Waals surface area contributed by atoms with Crippen molar-refractivity contribution in [2.75, 3.05) is 26.2 Å². The van der Waals surface area contributed by atoms with Crippen molar-refractivity contribution in [3.63, 3.8) is 0 Å². The lowest BCUT2D eigenvalue weighted by molar-refractivity contribution is -0.640. The molecule has 0 aliphatic carbocycles. The van der Waals surface area contributed by atoms with Gasteiger partial charge in [-0.05, 0) is 53.0 Å². The van der Waals surface area contributed by atoms with Crippen LogP contribution in [0.3, 0.4) is 0 Å². The van der Waals surface area contributed by atoms with Crippen molar-refractivity contribution >= 4 is 5.91 Å². The molecule has 3 heterocycles. The van der Waals surface area contributed by atoms with E-state index in [1.807, 2.05) is 0 Å². The zero-order valence-electron chi connectivity index (χ0n) is 21.2. The number of hydrogen-bond donors (Lipinski definition) is 1. The van der Waals surface area contributed by atoms with Gasteiger partial charge in [-0.2, -0.15) is 0 Å². The molecular weight excluding hydrogens is 444 g/mol. The Kier molecular flexibility index (Phi) is 6.41. The van der Waals surface area contributed by atoms with Gasteiger partial charge in [0.15, 0.2) is 0 Å². The Labute approximate surface area is 214 Å². The second-order valence-electron chi connectivity index (χ2n) is 10.8. The van der Waals surface area contributed by atoms with Gasteiger partial charge in [0.1, 0.15) is 5.92 Å². The summed E-state index contributed by atoms with van der Waals surface area (Å²) in [5.41, 5.74) is 6.43. The molecule has 4 heteroatoms. The molecule has 3 aliphatic rings. The number of ether oxygens (including phenoxy) is 1. The third-order valence-corrected chi connectivity index (χ3v) is 9.01. The van der Waals surface area contributed by atoms with E-state index in [0.29, 0.717) is 25.0 Å². The molecule has 3 aromatic carbocycles. The van der Waals surface area contributed by atoms with E-state index in [9.17, 15) is 4.79 Å². The van der Waals surface area contributed by atoms with E-state index in [2.05, 4.69) is 96.0 Å². The quantitative estimate of drug-likeness (QED) is 0.602. The van der Waals surface area contributed by atoms with Crippen molar-refractivity contribution in [1.82, 2.24) is 4.90 Å². The second-order valence-corrected chi connectivity index (χ2v) is 10.8. The molecule has 4 atom stereocenters. The van der Waals surface area contributed by atoms with E-state index >= 15 is 0 Å². The van der Waals surface area contributed by atoms with E-state index in [1.54, 1.807) is 0 Å². The summed E-state index contributed by atoms with van der Waals surface area (Å²) in [6.45, 7) is 6.06. The lowest BCUT2D eigenvalue weighted by Gasteiger charge is -2.44. The summed E-state index contributed by atoms with van der Waals surface area (Å²) >= 11 is 0. The number of hydrogen-bond acceptors (Lipinski definition) is 2. The first-order valence-electron chi connectivity index (χ1n) is 13.6. The Bertz CT molecular complexity index is 1210. The summed E-state index contributed by atoms with van der Waals surface area (Å²) in [6.07, 6.45) is 2.97. The minimum atomic E-state index is -0.243. The maximum atomic E-state index is 14.5. The van der Waals surface area contributed by atoms with Gasteiger partial charge in [-0.15, -0.1) is 0 Å². The molecule has 2 saturated heterocycles. The minimum Gasteiger partial charge on any atom is -0.376 e. The zero-order valence-corrected chi connectivity index (χ0v) is 21.2. The third kappa shape index (κ3) is 3.97. The van der Waals surface area contributed by atoms with Gasteiger partial charge in [-0.1, -0.05) is 85.8 Å². The number of aryl methyl sites for hydroxylation is 1. The van der Waals surface area contributed by atoms with Crippen LogP contribution >= 0.6 is 0 Å². The minimum absolute atomic E-state index is 0.0665. The van der Waals surface area contributed by atoms with Crippen molar-refractivity contribution in [2.45, 2.75) is 50.2 Å². The average molecular weight is 482 g/mol. The number of likely N-dealkylation sites (tertiary alicyclic amines) is 1. The molecule has 4 nitrogen and oxygen atoms in total. The van der Waals surface area contributed by atoms with Crippen LogP contribution in [0.1, 0.15) is 59.5 Å². The molecule has 186 valence electrons. The van der Waals surface area contributed by atoms with Crippen molar-refractivity contribution in [1.29, 1.82) is 0 Å². The highest BCUT2D eigenvalue weighted by atomic mass is 16.5. The van der Waals surface area contributed by atoms with Crippen LogP contribution in [0, 0.1) is 5.92 Å². The zero-order chi connectivity index (χ0) is 24.5. The lowest BCUT2D eigenvalue weighted by Crippen LogP contribution is -2.82. The molecule has 1 amide bonds. The summed E-state index contributed by atoms with van der Waals surface area (Å²) in [7, 11) is 0. The molecule has 1 spiro atoms. The molecule has 0 unspecified atom stereocenters. The van der Waals surface area contributed by atoms with Crippen LogP contribution < -0.4 is 5.32 Å². The van der Waals surface area contributed by atoms with Crippen LogP contribution in [0.5, 0.6) is 0 Å². The number of amides is 1. The van der Waals surface area contributed by atoms with E-state index in [-0.39, 0.29) is 17.4 Å². The smallest absolute Gasteiger partial charge is 0.233 e. The average Bonchev–Trinajstić information content (AvgIpc) is 3.37. The number of nitrogens with two attached hydrogens (primary N) is 1. The van der Waals surface area contributed by atoms with Gasteiger partial charge < -0.3 is 15.0 Å². The first-order chi connectivity index (χ1) is 17.7. The lowest BCUT2D eigenvalue weighted by atomic mass is 9.68. The Balaban J connectivity index is 1.35. The molecule has 0 radical (unpaired) electrons. The molecule has 0 bridgehead atoms. The highest BCUT2D eigenvalue weighted by Gasteiger charge is 2.55. The fraction of sp³-hybridized carbons (Fsp3) is 0.406. The molecule has 3 aromatic rings. The number of fused-ring (bicyclic) bond motifs is 2. The number of piperidine rings is 1. The van der Waals surface area contributed by atoms with Crippen molar-refractivity contribution in [3.05, 3.63) is 107 Å². The van der Waals surface area contributed by atoms with Gasteiger partial charge in [-0.25, -0.2) is 0 Å². The first kappa shape index (κ1) is 23.4. The fourth-order valence-electron chi connectivity index (χ4n) is 7.13. The van der Waals surface area contributed by atoms with Crippen molar-refractivity contribution < 1.29 is 14.8 Å². The summed E-state index contributed by atoms with van der Waals surface area (Å²) in [4.78, 5) is 16.7. The van der Waals surface area contributed by atoms with Gasteiger partial charge >= 0.3 is 0 Å². The maximum absolute atomic E-state index is 14.5. The predicted octanol–water partition coefficient (Wildman–Crippen LogP) is 4.36. The first-order valence-corrected chi connectivity index (χ1v) is 13.6. The van der Waals surface area contributed by atoms with Crippen LogP contribution in [0.15, 0.2) is 78.9 Å². The Morgan fingerprint density at radius 1 is 1.00 bits per heavy atom. The summed E-state index contributed by atoms with van der Waals surface area (Å²) in [5.74, 6) is 0.709. The highest BCUT2D eigenvalue weighted by molar-refractivity contribution is 5.82. The summed E-state index contributed by atoms with van der Waals surface area (Å²) in [6, 6.07) is 28.3. The monoisotopic (exact) mass is 481 g/mol. The number of benzene rings is 3. The van der Waals surface area contributed by atoms with Crippen LogP contribution in [-0.2, 0) is 28.0 Å². The van der Waals surface area contributed by atoms with E-state index in [4.69, 9.17) is 4.74 Å².